The lowest BCUT2D eigenvalue weighted by molar-refractivity contribution is 0.0600. The fraction of sp³-hybridized carbons (Fsp3) is 0.0500. The Hall–Kier alpha value is -3.07. The van der Waals surface area contributed by atoms with Crippen LogP contribution >= 0.6 is 0 Å². The van der Waals surface area contributed by atoms with E-state index in [1.54, 1.807) is 24.3 Å². The molecular weight excluding hydrogens is 288 g/mol. The maximum atomic E-state index is 10.8. The fourth-order valence-corrected chi connectivity index (χ4v) is 1.81. The van der Waals surface area contributed by atoms with Crippen LogP contribution in [0.2, 0.25) is 0 Å². The van der Waals surface area contributed by atoms with E-state index >= 15 is 0 Å². The number of benzene rings is 3. The summed E-state index contributed by atoms with van der Waals surface area (Å²) < 4.78 is 10.1. The molecule has 3 nitrogen and oxygen atoms in total. The molecular formula is C20H18O3. The Bertz CT molecular complexity index is 657. The second kappa shape index (κ2) is 9.05. The Balaban J connectivity index is 0.000000174. The van der Waals surface area contributed by atoms with Crippen LogP contribution in [0, 0.1) is 0 Å². The van der Waals surface area contributed by atoms with Crippen molar-refractivity contribution < 1.29 is 14.3 Å². The summed E-state index contributed by atoms with van der Waals surface area (Å²) in [5.41, 5.74) is 0.588. The number of ether oxygens (including phenoxy) is 2. The molecule has 23 heavy (non-hydrogen) atoms. The van der Waals surface area contributed by atoms with E-state index in [1.165, 1.54) is 7.11 Å². The molecule has 0 fully saturated rings. The molecule has 0 aliphatic heterocycles. The van der Waals surface area contributed by atoms with Crippen LogP contribution in [0.1, 0.15) is 10.4 Å². The Morgan fingerprint density at radius 1 is 0.652 bits per heavy atom. The molecule has 0 amide bonds. The Kier molecular flexibility index (Phi) is 6.42. The molecule has 0 heterocycles. The number of carbonyl (C=O) groups excluding carboxylic acids is 1. The van der Waals surface area contributed by atoms with Crippen molar-refractivity contribution in [3.63, 3.8) is 0 Å². The van der Waals surface area contributed by atoms with Gasteiger partial charge in [-0.1, -0.05) is 54.6 Å². The molecule has 0 spiro atoms. The molecule has 116 valence electrons. The van der Waals surface area contributed by atoms with E-state index in [0.717, 1.165) is 11.5 Å². The van der Waals surface area contributed by atoms with Crippen molar-refractivity contribution in [3.05, 3.63) is 96.6 Å². The first-order chi connectivity index (χ1) is 11.3. The molecule has 0 N–H and O–H groups in total. The van der Waals surface area contributed by atoms with Gasteiger partial charge >= 0.3 is 5.97 Å². The van der Waals surface area contributed by atoms with Crippen LogP contribution in [0.5, 0.6) is 11.5 Å². The van der Waals surface area contributed by atoms with Crippen molar-refractivity contribution in [2.45, 2.75) is 0 Å². The molecule has 0 radical (unpaired) electrons. The first kappa shape index (κ1) is 16.3. The highest BCUT2D eigenvalue weighted by Crippen LogP contribution is 2.19. The number of methoxy groups -OCH3 is 1. The second-order valence-electron chi connectivity index (χ2n) is 4.59. The molecule has 0 aliphatic carbocycles. The summed E-state index contributed by atoms with van der Waals surface area (Å²) in [6.45, 7) is 0. The summed E-state index contributed by atoms with van der Waals surface area (Å²) in [4.78, 5) is 10.8. The Labute approximate surface area is 136 Å². The van der Waals surface area contributed by atoms with E-state index in [2.05, 4.69) is 4.74 Å². The van der Waals surface area contributed by atoms with Gasteiger partial charge in [0.2, 0.25) is 0 Å². The van der Waals surface area contributed by atoms with Gasteiger partial charge in [-0.25, -0.2) is 4.79 Å². The minimum absolute atomic E-state index is 0.291. The predicted octanol–water partition coefficient (Wildman–Crippen LogP) is 4.95. The number of hydrogen-bond donors (Lipinski definition) is 0. The lowest BCUT2D eigenvalue weighted by atomic mass is 10.2. The molecule has 0 saturated heterocycles. The summed E-state index contributed by atoms with van der Waals surface area (Å²) in [6.07, 6.45) is 0. The minimum atomic E-state index is -0.291. The van der Waals surface area contributed by atoms with Gasteiger partial charge in [-0.2, -0.15) is 0 Å². The SMILES string of the molecule is COC(=O)c1ccccc1.c1ccc(Oc2ccccc2)cc1. The first-order valence-electron chi connectivity index (χ1n) is 7.21. The van der Waals surface area contributed by atoms with Gasteiger partial charge < -0.3 is 9.47 Å². The monoisotopic (exact) mass is 306 g/mol. The average Bonchev–Trinajstić information content (AvgIpc) is 2.64. The Morgan fingerprint density at radius 3 is 1.43 bits per heavy atom. The van der Waals surface area contributed by atoms with Crippen LogP contribution in [0.3, 0.4) is 0 Å². The zero-order chi connectivity index (χ0) is 16.3. The summed E-state index contributed by atoms with van der Waals surface area (Å²) in [5.74, 6) is 1.45. The molecule has 3 aromatic carbocycles. The highest BCUT2D eigenvalue weighted by Gasteiger charge is 2.00. The van der Waals surface area contributed by atoms with Crippen molar-refractivity contribution in [1.29, 1.82) is 0 Å². The average molecular weight is 306 g/mol. The second-order valence-corrected chi connectivity index (χ2v) is 4.59. The third kappa shape index (κ3) is 5.67. The lowest BCUT2D eigenvalue weighted by Gasteiger charge is -2.03. The molecule has 0 aromatic heterocycles. The van der Waals surface area contributed by atoms with Crippen molar-refractivity contribution in [2.24, 2.45) is 0 Å². The smallest absolute Gasteiger partial charge is 0.337 e. The van der Waals surface area contributed by atoms with Crippen LogP contribution in [0.25, 0.3) is 0 Å². The van der Waals surface area contributed by atoms with Gasteiger partial charge in [0.05, 0.1) is 12.7 Å². The number of para-hydroxylation sites is 2. The Morgan fingerprint density at radius 2 is 1.04 bits per heavy atom. The largest absolute Gasteiger partial charge is 0.465 e. The van der Waals surface area contributed by atoms with Gasteiger partial charge in [0.25, 0.3) is 0 Å². The molecule has 3 heteroatoms. The number of esters is 1. The molecule has 0 saturated carbocycles. The number of rotatable bonds is 3. The first-order valence-corrected chi connectivity index (χ1v) is 7.21. The van der Waals surface area contributed by atoms with Gasteiger partial charge in [0.15, 0.2) is 0 Å². The number of hydrogen-bond acceptors (Lipinski definition) is 3. The van der Waals surface area contributed by atoms with Crippen LogP contribution in [-0.2, 0) is 4.74 Å². The zero-order valence-corrected chi connectivity index (χ0v) is 12.9. The minimum Gasteiger partial charge on any atom is -0.465 e. The third-order valence-corrected chi connectivity index (χ3v) is 2.92. The topological polar surface area (TPSA) is 35.5 Å². The molecule has 0 bridgehead atoms. The molecule has 3 rings (SSSR count). The number of carbonyl (C=O) groups is 1. The molecule has 3 aromatic rings. The van der Waals surface area contributed by atoms with Gasteiger partial charge in [0.1, 0.15) is 11.5 Å². The van der Waals surface area contributed by atoms with Crippen molar-refractivity contribution in [3.8, 4) is 11.5 Å². The molecule has 0 aliphatic rings. The van der Waals surface area contributed by atoms with E-state index in [1.807, 2.05) is 66.7 Å². The van der Waals surface area contributed by atoms with E-state index < -0.39 is 0 Å². The summed E-state index contributed by atoms with van der Waals surface area (Å²) >= 11 is 0. The van der Waals surface area contributed by atoms with E-state index in [-0.39, 0.29) is 5.97 Å². The normalized spacial score (nSPS) is 9.26. The van der Waals surface area contributed by atoms with Gasteiger partial charge in [0, 0.05) is 0 Å². The van der Waals surface area contributed by atoms with Crippen LogP contribution in [0.4, 0.5) is 0 Å². The zero-order valence-electron chi connectivity index (χ0n) is 12.9. The summed E-state index contributed by atoms with van der Waals surface area (Å²) in [6, 6.07) is 28.4. The van der Waals surface area contributed by atoms with Gasteiger partial charge in [-0.15, -0.1) is 0 Å². The standard InChI is InChI=1S/C12H10O.C8H8O2/c1-3-7-11(8-4-1)13-12-9-5-2-6-10-12;1-10-8(9)7-5-3-2-4-6-7/h1-10H;2-6H,1H3. The maximum Gasteiger partial charge on any atom is 0.337 e. The highest BCUT2D eigenvalue weighted by molar-refractivity contribution is 5.89. The van der Waals surface area contributed by atoms with E-state index in [4.69, 9.17) is 4.74 Å². The van der Waals surface area contributed by atoms with Crippen LogP contribution in [-0.4, -0.2) is 13.1 Å². The van der Waals surface area contributed by atoms with Crippen LogP contribution < -0.4 is 4.74 Å². The maximum absolute atomic E-state index is 10.8. The molecule has 0 unspecified atom stereocenters. The summed E-state index contributed by atoms with van der Waals surface area (Å²) in [7, 11) is 1.37. The quantitative estimate of drug-likeness (QED) is 0.642. The van der Waals surface area contributed by atoms with Gasteiger partial charge in [-0.05, 0) is 36.4 Å². The summed E-state index contributed by atoms with van der Waals surface area (Å²) in [5, 5.41) is 0. The van der Waals surface area contributed by atoms with E-state index in [9.17, 15) is 4.79 Å². The highest BCUT2D eigenvalue weighted by atomic mass is 16.5. The van der Waals surface area contributed by atoms with Crippen LogP contribution in [0.15, 0.2) is 91.0 Å². The van der Waals surface area contributed by atoms with Crippen molar-refractivity contribution in [1.82, 2.24) is 0 Å². The lowest BCUT2D eigenvalue weighted by Crippen LogP contribution is -1.99. The van der Waals surface area contributed by atoms with Gasteiger partial charge in [-0.3, -0.25) is 0 Å². The predicted molar refractivity (Wildman–Crippen MR) is 90.7 cm³/mol. The molecule has 0 atom stereocenters. The van der Waals surface area contributed by atoms with Crippen molar-refractivity contribution >= 4 is 5.97 Å². The van der Waals surface area contributed by atoms with E-state index in [0.29, 0.717) is 5.56 Å². The fourth-order valence-electron chi connectivity index (χ4n) is 1.81. The van der Waals surface area contributed by atoms with Crippen molar-refractivity contribution in [2.75, 3.05) is 7.11 Å². The third-order valence-electron chi connectivity index (χ3n) is 2.92.